The molecule has 1 aromatic carbocycles. The molecule has 2 heterocycles. The summed E-state index contributed by atoms with van der Waals surface area (Å²) >= 11 is 6.04. The first-order valence-corrected chi connectivity index (χ1v) is 6.56. The van der Waals surface area contributed by atoms with Crippen LogP contribution in [0.5, 0.6) is 5.75 Å². The van der Waals surface area contributed by atoms with Crippen molar-refractivity contribution >= 4 is 17.5 Å². The minimum absolute atomic E-state index is 0.617. The van der Waals surface area contributed by atoms with Crippen molar-refractivity contribution in [1.29, 1.82) is 0 Å². The summed E-state index contributed by atoms with van der Waals surface area (Å²) < 4.78 is 5.73. The Morgan fingerprint density at radius 1 is 1.32 bits per heavy atom. The Balaban J connectivity index is 1.93. The molecule has 19 heavy (non-hydrogen) atoms. The molecule has 98 valence electrons. The smallest absolute Gasteiger partial charge is 0.225 e. The van der Waals surface area contributed by atoms with E-state index in [1.54, 1.807) is 6.20 Å². The van der Waals surface area contributed by atoms with Crippen molar-refractivity contribution in [3.8, 4) is 5.75 Å². The average molecular weight is 276 g/mol. The fourth-order valence-corrected chi connectivity index (χ4v) is 2.32. The van der Waals surface area contributed by atoms with E-state index in [0.717, 1.165) is 34.5 Å². The van der Waals surface area contributed by atoms with Gasteiger partial charge in [-0.15, -0.1) is 0 Å². The van der Waals surface area contributed by atoms with Gasteiger partial charge in [0.25, 0.3) is 0 Å². The molecule has 0 amide bonds. The molecule has 2 aromatic rings. The second-order valence-corrected chi connectivity index (χ2v) is 4.96. The van der Waals surface area contributed by atoms with Gasteiger partial charge in [0.15, 0.2) is 0 Å². The van der Waals surface area contributed by atoms with E-state index in [2.05, 4.69) is 14.9 Å². The number of aryl methyl sites for hydroxylation is 1. The van der Waals surface area contributed by atoms with E-state index in [4.69, 9.17) is 16.3 Å². The van der Waals surface area contributed by atoms with Crippen molar-refractivity contribution in [2.45, 2.75) is 13.5 Å². The van der Waals surface area contributed by atoms with Crippen molar-refractivity contribution < 1.29 is 4.74 Å². The normalized spacial score (nSPS) is 14.5. The number of benzene rings is 1. The molecule has 3 rings (SSSR count). The number of rotatable bonds is 1. The highest BCUT2D eigenvalue weighted by atomic mass is 35.5. The first-order chi connectivity index (χ1) is 9.22. The number of halogens is 1. The van der Waals surface area contributed by atoms with Crippen LogP contribution < -0.4 is 9.64 Å². The predicted molar refractivity (Wildman–Crippen MR) is 74.8 cm³/mol. The Bertz CT molecular complexity index is 603. The summed E-state index contributed by atoms with van der Waals surface area (Å²) in [5, 5.41) is 0.717. The second kappa shape index (κ2) is 5.05. The summed E-state index contributed by atoms with van der Waals surface area (Å²) in [4.78, 5) is 10.9. The van der Waals surface area contributed by atoms with Gasteiger partial charge in [-0.05, 0) is 31.2 Å². The highest BCUT2D eigenvalue weighted by Crippen LogP contribution is 2.27. The van der Waals surface area contributed by atoms with Crippen LogP contribution in [-0.2, 0) is 6.54 Å². The lowest BCUT2D eigenvalue weighted by molar-refractivity contribution is 0.331. The highest BCUT2D eigenvalue weighted by Gasteiger charge is 2.17. The molecule has 0 spiro atoms. The van der Waals surface area contributed by atoms with Gasteiger partial charge in [0.05, 0.1) is 6.54 Å². The summed E-state index contributed by atoms with van der Waals surface area (Å²) in [5.74, 6) is 1.62. The van der Waals surface area contributed by atoms with Crippen LogP contribution in [0.4, 0.5) is 5.95 Å². The summed E-state index contributed by atoms with van der Waals surface area (Å²) in [6.45, 7) is 4.05. The van der Waals surface area contributed by atoms with E-state index >= 15 is 0 Å². The van der Waals surface area contributed by atoms with Crippen LogP contribution in [0.15, 0.2) is 30.5 Å². The van der Waals surface area contributed by atoms with Crippen LogP contribution in [0.2, 0.25) is 5.02 Å². The number of anilines is 1. The fraction of sp³-hybridized carbons (Fsp3) is 0.286. The predicted octanol–water partition coefficient (Wildman–Crippen LogP) is 2.84. The Hall–Kier alpha value is -1.81. The molecule has 0 aliphatic carbocycles. The number of ether oxygens (including phenoxy) is 1. The van der Waals surface area contributed by atoms with Crippen molar-refractivity contribution in [2.24, 2.45) is 0 Å². The molecule has 0 N–H and O–H groups in total. The maximum Gasteiger partial charge on any atom is 0.225 e. The standard InChI is InChI=1S/C14H14ClN3O/c1-10-4-5-16-14(17-10)18-6-7-19-13-3-2-12(15)8-11(13)9-18/h2-5,8H,6-7,9H2,1H3. The number of nitrogens with zero attached hydrogens (tertiary/aromatic N) is 3. The molecule has 1 aliphatic rings. The van der Waals surface area contributed by atoms with Crippen LogP contribution in [0.25, 0.3) is 0 Å². The monoisotopic (exact) mass is 275 g/mol. The molecule has 0 fully saturated rings. The quantitative estimate of drug-likeness (QED) is 0.802. The Morgan fingerprint density at radius 2 is 2.21 bits per heavy atom. The van der Waals surface area contributed by atoms with Gasteiger partial charge in [0.2, 0.25) is 5.95 Å². The van der Waals surface area contributed by atoms with Crippen LogP contribution in [0, 0.1) is 6.92 Å². The van der Waals surface area contributed by atoms with Gasteiger partial charge >= 0.3 is 0 Å². The zero-order chi connectivity index (χ0) is 13.2. The summed E-state index contributed by atoms with van der Waals surface area (Å²) in [6.07, 6.45) is 1.78. The Morgan fingerprint density at radius 3 is 3.05 bits per heavy atom. The third-order valence-electron chi connectivity index (χ3n) is 3.07. The van der Waals surface area contributed by atoms with Gasteiger partial charge < -0.3 is 9.64 Å². The fourth-order valence-electron chi connectivity index (χ4n) is 2.12. The van der Waals surface area contributed by atoms with Crippen LogP contribution >= 0.6 is 11.6 Å². The van der Waals surface area contributed by atoms with E-state index in [1.165, 1.54) is 0 Å². The highest BCUT2D eigenvalue weighted by molar-refractivity contribution is 6.30. The van der Waals surface area contributed by atoms with Crippen molar-refractivity contribution in [1.82, 2.24) is 9.97 Å². The lowest BCUT2D eigenvalue weighted by atomic mass is 10.2. The van der Waals surface area contributed by atoms with E-state index in [1.807, 2.05) is 31.2 Å². The molecule has 1 aromatic heterocycles. The summed E-state index contributed by atoms with van der Waals surface area (Å²) in [5.41, 5.74) is 2.02. The molecule has 0 radical (unpaired) electrons. The number of fused-ring (bicyclic) bond motifs is 1. The van der Waals surface area contributed by atoms with Gasteiger partial charge in [0.1, 0.15) is 12.4 Å². The van der Waals surface area contributed by atoms with Crippen molar-refractivity contribution in [3.05, 3.63) is 46.7 Å². The van der Waals surface area contributed by atoms with Gasteiger partial charge in [-0.1, -0.05) is 11.6 Å². The molecule has 4 nitrogen and oxygen atoms in total. The minimum atomic E-state index is 0.617. The van der Waals surface area contributed by atoms with Crippen molar-refractivity contribution in [3.63, 3.8) is 0 Å². The lowest BCUT2D eigenvalue weighted by Crippen LogP contribution is -2.27. The number of aromatic nitrogens is 2. The molecular weight excluding hydrogens is 262 g/mol. The van der Waals surface area contributed by atoms with Gasteiger partial charge in [-0.25, -0.2) is 9.97 Å². The Labute approximate surface area is 117 Å². The number of hydrogen-bond acceptors (Lipinski definition) is 4. The molecule has 0 saturated heterocycles. The average Bonchev–Trinajstić information content (AvgIpc) is 2.60. The van der Waals surface area contributed by atoms with E-state index < -0.39 is 0 Å². The minimum Gasteiger partial charge on any atom is -0.491 e. The maximum atomic E-state index is 6.04. The zero-order valence-electron chi connectivity index (χ0n) is 10.6. The maximum absolute atomic E-state index is 6.04. The van der Waals surface area contributed by atoms with Gasteiger partial charge in [-0.2, -0.15) is 0 Å². The molecular formula is C14H14ClN3O. The molecule has 0 saturated carbocycles. The number of hydrogen-bond donors (Lipinski definition) is 0. The van der Waals surface area contributed by atoms with Gasteiger partial charge in [0, 0.05) is 29.0 Å². The lowest BCUT2D eigenvalue weighted by Gasteiger charge is -2.19. The van der Waals surface area contributed by atoms with Crippen LogP contribution in [-0.4, -0.2) is 23.1 Å². The largest absolute Gasteiger partial charge is 0.491 e. The van der Waals surface area contributed by atoms with Gasteiger partial charge in [-0.3, -0.25) is 0 Å². The molecule has 1 aliphatic heterocycles. The first-order valence-electron chi connectivity index (χ1n) is 6.18. The molecule has 5 heteroatoms. The third kappa shape index (κ3) is 2.63. The topological polar surface area (TPSA) is 38.2 Å². The SMILES string of the molecule is Cc1ccnc(N2CCOc3ccc(Cl)cc3C2)n1. The second-order valence-electron chi connectivity index (χ2n) is 4.52. The Kier molecular flexibility index (Phi) is 3.25. The van der Waals surface area contributed by atoms with Crippen LogP contribution in [0.1, 0.15) is 11.3 Å². The van der Waals surface area contributed by atoms with E-state index in [0.29, 0.717) is 13.2 Å². The van der Waals surface area contributed by atoms with E-state index in [9.17, 15) is 0 Å². The molecule has 0 bridgehead atoms. The summed E-state index contributed by atoms with van der Waals surface area (Å²) in [7, 11) is 0. The third-order valence-corrected chi connectivity index (χ3v) is 3.30. The molecule has 0 atom stereocenters. The molecule has 0 unspecified atom stereocenters. The first kappa shape index (κ1) is 12.2. The van der Waals surface area contributed by atoms with Crippen molar-refractivity contribution in [2.75, 3.05) is 18.1 Å². The zero-order valence-corrected chi connectivity index (χ0v) is 11.4. The van der Waals surface area contributed by atoms with E-state index in [-0.39, 0.29) is 0 Å². The summed E-state index contributed by atoms with van der Waals surface area (Å²) in [6, 6.07) is 7.59. The van der Waals surface area contributed by atoms with Crippen LogP contribution in [0.3, 0.4) is 0 Å².